The number of rotatable bonds is 2. The molecule has 22 heavy (non-hydrogen) atoms. The van der Waals surface area contributed by atoms with Crippen LogP contribution in [0.25, 0.3) is 5.57 Å². The van der Waals surface area contributed by atoms with E-state index in [1.165, 1.54) is 0 Å². The van der Waals surface area contributed by atoms with E-state index in [9.17, 15) is 4.79 Å². The lowest BCUT2D eigenvalue weighted by atomic mass is 9.91. The van der Waals surface area contributed by atoms with Gasteiger partial charge in [-0.05, 0) is 12.0 Å². The lowest BCUT2D eigenvalue weighted by Crippen LogP contribution is -2.36. The van der Waals surface area contributed by atoms with Gasteiger partial charge < -0.3 is 14.1 Å². The van der Waals surface area contributed by atoms with E-state index in [0.29, 0.717) is 17.0 Å². The summed E-state index contributed by atoms with van der Waals surface area (Å²) in [7, 11) is 0. The topological polar surface area (TPSA) is 55.6 Å². The Labute approximate surface area is 136 Å². The molecule has 0 spiro atoms. The van der Waals surface area contributed by atoms with Crippen molar-refractivity contribution < 1.29 is 13.9 Å². The summed E-state index contributed by atoms with van der Waals surface area (Å²) in [4.78, 5) is 19.2. The standard InChI is InChI=1S/C16H15BrN2O3/c17-16-18-9-15(22-16)12-2-1-11-13(12)7-10(8-14(11)20)19-3-5-21-6-4-19/h2,8-9H,1,3-7H2. The summed E-state index contributed by atoms with van der Waals surface area (Å²) < 4.78 is 11.0. The molecular weight excluding hydrogens is 348 g/mol. The van der Waals surface area contributed by atoms with Crippen molar-refractivity contribution >= 4 is 27.3 Å². The molecule has 4 rings (SSSR count). The van der Waals surface area contributed by atoms with Crippen molar-refractivity contribution in [1.82, 2.24) is 9.88 Å². The Morgan fingerprint density at radius 1 is 1.23 bits per heavy atom. The van der Waals surface area contributed by atoms with Gasteiger partial charge >= 0.3 is 0 Å². The summed E-state index contributed by atoms with van der Waals surface area (Å²) in [5, 5.41) is 0. The lowest BCUT2D eigenvalue weighted by Gasteiger charge is -2.33. The Bertz CT molecular complexity index is 724. The number of carbonyl (C=O) groups is 1. The molecule has 0 unspecified atom stereocenters. The molecule has 2 aliphatic carbocycles. The highest BCUT2D eigenvalue weighted by atomic mass is 79.9. The van der Waals surface area contributed by atoms with E-state index in [-0.39, 0.29) is 5.78 Å². The van der Waals surface area contributed by atoms with Crippen molar-refractivity contribution in [2.75, 3.05) is 26.3 Å². The molecule has 114 valence electrons. The van der Waals surface area contributed by atoms with E-state index in [4.69, 9.17) is 9.15 Å². The molecule has 6 heteroatoms. The van der Waals surface area contributed by atoms with Crippen molar-refractivity contribution in [1.29, 1.82) is 0 Å². The number of aromatic nitrogens is 1. The predicted octanol–water partition coefficient (Wildman–Crippen LogP) is 2.71. The second kappa shape index (κ2) is 5.52. The number of hydrogen-bond acceptors (Lipinski definition) is 5. The fourth-order valence-electron chi connectivity index (χ4n) is 3.22. The fourth-order valence-corrected chi connectivity index (χ4v) is 3.49. The highest BCUT2D eigenvalue weighted by molar-refractivity contribution is 9.10. The first-order valence-electron chi connectivity index (χ1n) is 7.34. The zero-order chi connectivity index (χ0) is 15.1. The SMILES string of the molecule is O=C1C=C(N2CCOCC2)CC2=C1CC=C2c1cnc(Br)o1. The third kappa shape index (κ3) is 2.36. The summed E-state index contributed by atoms with van der Waals surface area (Å²) in [6.45, 7) is 3.12. The number of carbonyl (C=O) groups excluding carboxylic acids is 1. The second-order valence-corrected chi connectivity index (χ2v) is 6.21. The molecule has 0 bridgehead atoms. The first-order chi connectivity index (χ1) is 10.7. The van der Waals surface area contributed by atoms with E-state index in [2.05, 4.69) is 31.9 Å². The lowest BCUT2D eigenvalue weighted by molar-refractivity contribution is -0.111. The molecule has 3 aliphatic rings. The average molecular weight is 363 g/mol. The zero-order valence-corrected chi connectivity index (χ0v) is 13.6. The minimum absolute atomic E-state index is 0.118. The Morgan fingerprint density at radius 2 is 2.05 bits per heavy atom. The highest BCUT2D eigenvalue weighted by Crippen LogP contribution is 2.41. The molecular formula is C16H15BrN2O3. The van der Waals surface area contributed by atoms with Gasteiger partial charge in [0.25, 0.3) is 4.80 Å². The molecule has 1 aromatic heterocycles. The normalized spacial score (nSPS) is 21.9. The third-order valence-corrected chi connectivity index (χ3v) is 4.68. The fraction of sp³-hybridized carbons (Fsp3) is 0.375. The first kappa shape index (κ1) is 14.0. The van der Waals surface area contributed by atoms with Crippen LogP contribution in [0.15, 0.2) is 44.4 Å². The first-order valence-corrected chi connectivity index (χ1v) is 8.13. The highest BCUT2D eigenvalue weighted by Gasteiger charge is 2.31. The molecule has 0 N–H and O–H groups in total. The van der Waals surface area contributed by atoms with Gasteiger partial charge in [0, 0.05) is 58.4 Å². The van der Waals surface area contributed by atoms with Gasteiger partial charge in [-0.25, -0.2) is 4.98 Å². The van der Waals surface area contributed by atoms with Crippen molar-refractivity contribution in [3.05, 3.63) is 45.8 Å². The van der Waals surface area contributed by atoms with Gasteiger partial charge in [0.2, 0.25) is 0 Å². The van der Waals surface area contributed by atoms with Crippen LogP contribution in [-0.4, -0.2) is 42.0 Å². The van der Waals surface area contributed by atoms with Crippen LogP contribution in [0.4, 0.5) is 0 Å². The Hall–Kier alpha value is -1.66. The minimum atomic E-state index is 0.118. The number of allylic oxidation sites excluding steroid dienone is 5. The van der Waals surface area contributed by atoms with Gasteiger partial charge in [-0.1, -0.05) is 6.08 Å². The van der Waals surface area contributed by atoms with Crippen LogP contribution in [0.5, 0.6) is 0 Å². The van der Waals surface area contributed by atoms with Crippen LogP contribution in [0.3, 0.4) is 0 Å². The molecule has 0 atom stereocenters. The molecule has 1 aliphatic heterocycles. The smallest absolute Gasteiger partial charge is 0.264 e. The molecule has 1 aromatic rings. The molecule has 0 saturated carbocycles. The maximum absolute atomic E-state index is 12.4. The number of oxazole rings is 1. The number of ether oxygens (including phenoxy) is 1. The molecule has 1 fully saturated rings. The summed E-state index contributed by atoms with van der Waals surface area (Å²) >= 11 is 3.23. The summed E-state index contributed by atoms with van der Waals surface area (Å²) in [5.41, 5.74) is 4.05. The minimum Gasteiger partial charge on any atom is -0.431 e. The number of morpholine rings is 1. The number of nitrogens with zero attached hydrogens (tertiary/aromatic N) is 2. The van der Waals surface area contributed by atoms with Crippen molar-refractivity contribution in [3.63, 3.8) is 0 Å². The zero-order valence-electron chi connectivity index (χ0n) is 12.0. The third-order valence-electron chi connectivity index (χ3n) is 4.31. The van der Waals surface area contributed by atoms with Crippen LogP contribution in [0, 0.1) is 0 Å². The number of hydrogen-bond donors (Lipinski definition) is 0. The van der Waals surface area contributed by atoms with Crippen LogP contribution < -0.4 is 0 Å². The Morgan fingerprint density at radius 3 is 2.77 bits per heavy atom. The van der Waals surface area contributed by atoms with Crippen LogP contribution in [0.1, 0.15) is 18.6 Å². The van der Waals surface area contributed by atoms with Gasteiger partial charge in [-0.2, -0.15) is 0 Å². The molecule has 0 aromatic carbocycles. The Balaban J connectivity index is 1.62. The van der Waals surface area contributed by atoms with E-state index < -0.39 is 0 Å². The van der Waals surface area contributed by atoms with Gasteiger partial charge in [-0.15, -0.1) is 0 Å². The summed E-state index contributed by atoms with van der Waals surface area (Å²) in [6.07, 6.45) is 6.99. The molecule has 2 heterocycles. The summed E-state index contributed by atoms with van der Waals surface area (Å²) in [6, 6.07) is 0. The van der Waals surface area contributed by atoms with Crippen LogP contribution in [-0.2, 0) is 9.53 Å². The van der Waals surface area contributed by atoms with Crippen LogP contribution in [0.2, 0.25) is 0 Å². The van der Waals surface area contributed by atoms with Gasteiger partial charge in [0.1, 0.15) is 0 Å². The predicted molar refractivity (Wildman–Crippen MR) is 83.9 cm³/mol. The van der Waals surface area contributed by atoms with E-state index >= 15 is 0 Å². The second-order valence-electron chi connectivity index (χ2n) is 5.53. The quantitative estimate of drug-likeness (QED) is 0.809. The Kier molecular flexibility index (Phi) is 3.50. The maximum Gasteiger partial charge on any atom is 0.264 e. The van der Waals surface area contributed by atoms with Gasteiger partial charge in [-0.3, -0.25) is 4.79 Å². The maximum atomic E-state index is 12.4. The number of ketones is 1. The largest absolute Gasteiger partial charge is 0.431 e. The molecule has 1 saturated heterocycles. The summed E-state index contributed by atoms with van der Waals surface area (Å²) in [5.74, 6) is 0.834. The molecule has 5 nitrogen and oxygen atoms in total. The van der Waals surface area contributed by atoms with E-state index in [1.807, 2.05) is 0 Å². The van der Waals surface area contributed by atoms with E-state index in [0.717, 1.165) is 55.1 Å². The van der Waals surface area contributed by atoms with E-state index in [1.54, 1.807) is 12.3 Å². The number of halogens is 1. The van der Waals surface area contributed by atoms with Crippen molar-refractivity contribution in [3.8, 4) is 0 Å². The van der Waals surface area contributed by atoms with Crippen molar-refractivity contribution in [2.45, 2.75) is 12.8 Å². The monoisotopic (exact) mass is 362 g/mol. The van der Waals surface area contributed by atoms with Gasteiger partial charge in [0.05, 0.1) is 19.4 Å². The molecule has 0 amide bonds. The average Bonchev–Trinajstić information content (AvgIpc) is 3.14. The van der Waals surface area contributed by atoms with Crippen LogP contribution >= 0.6 is 15.9 Å². The van der Waals surface area contributed by atoms with Crippen molar-refractivity contribution in [2.24, 2.45) is 0 Å². The molecule has 0 radical (unpaired) electrons. The van der Waals surface area contributed by atoms with Gasteiger partial charge in [0.15, 0.2) is 11.5 Å².